The molecule has 0 spiro atoms. The Morgan fingerprint density at radius 1 is 0.919 bits per heavy atom. The monoisotopic (exact) mass is 581 g/mol. The van der Waals surface area contributed by atoms with Crippen LogP contribution in [0.1, 0.15) is 21.5 Å². The number of nitrogens with one attached hydrogen (secondary N) is 2. The van der Waals surface area contributed by atoms with E-state index in [1.54, 1.807) is 42.5 Å². The topological polar surface area (TPSA) is 117 Å². The van der Waals surface area contributed by atoms with Crippen LogP contribution in [0.3, 0.4) is 0 Å². The van der Waals surface area contributed by atoms with E-state index in [0.29, 0.717) is 11.3 Å². The molecule has 2 amide bonds. The Kier molecular flexibility index (Phi) is 9.77. The third-order valence-electron chi connectivity index (χ3n) is 5.04. The summed E-state index contributed by atoms with van der Waals surface area (Å²) in [4.78, 5) is 42.1. The molecule has 0 heterocycles. The Bertz CT molecular complexity index is 1340. The van der Waals surface area contributed by atoms with Crippen LogP contribution in [-0.2, 0) is 20.8 Å². The number of rotatable bonds is 9. The van der Waals surface area contributed by atoms with Crippen molar-refractivity contribution in [3.63, 3.8) is 0 Å². The zero-order valence-electron chi connectivity index (χ0n) is 19.1. The van der Waals surface area contributed by atoms with Crippen LogP contribution >= 0.6 is 46.4 Å². The van der Waals surface area contributed by atoms with Crippen molar-refractivity contribution in [1.82, 2.24) is 5.32 Å². The van der Waals surface area contributed by atoms with Gasteiger partial charge in [-0.25, -0.2) is 4.79 Å². The molecule has 1 atom stereocenters. The van der Waals surface area contributed by atoms with Gasteiger partial charge in [-0.3, -0.25) is 9.59 Å². The van der Waals surface area contributed by atoms with Gasteiger partial charge in [-0.05, 0) is 42.0 Å². The van der Waals surface area contributed by atoms with E-state index in [-0.39, 0.29) is 43.3 Å². The summed E-state index contributed by atoms with van der Waals surface area (Å²) >= 11 is 24.1. The lowest BCUT2D eigenvalue weighted by atomic mass is 10.0. The smallest absolute Gasteiger partial charge is 0.326 e. The van der Waals surface area contributed by atoms with Gasteiger partial charge in [0.25, 0.3) is 11.8 Å². The molecule has 192 valence electrons. The number of anilines is 1. The average molecular weight is 583 g/mol. The highest BCUT2D eigenvalue weighted by atomic mass is 35.5. The molecule has 0 aromatic heterocycles. The first kappa shape index (κ1) is 28.3. The molecule has 3 rings (SSSR count). The van der Waals surface area contributed by atoms with Crippen molar-refractivity contribution in [2.45, 2.75) is 12.5 Å². The number of carboxylic acids is 1. The standard InChI is InChI=1S/C25H19Cl4N3O5/c1-37-32-22(14-7-10-16(26)19(29)12-14)24(34)31-20(25(35)36)11-13-5-8-15(9-6-13)30-23(33)21-17(27)3-2-4-18(21)28/h2-10,12,20H,11H2,1H3,(H,30,33)(H,31,34)(H,35,36)/t20-/m0/s1. The predicted octanol–water partition coefficient (Wildman–Crippen LogP) is 5.72. The molecule has 3 aromatic carbocycles. The second-order valence-electron chi connectivity index (χ2n) is 7.57. The molecule has 0 bridgehead atoms. The molecule has 37 heavy (non-hydrogen) atoms. The van der Waals surface area contributed by atoms with Crippen molar-refractivity contribution < 1.29 is 24.3 Å². The van der Waals surface area contributed by atoms with E-state index < -0.39 is 23.8 Å². The van der Waals surface area contributed by atoms with Crippen molar-refractivity contribution in [2.75, 3.05) is 12.4 Å². The van der Waals surface area contributed by atoms with Crippen LogP contribution < -0.4 is 10.6 Å². The summed E-state index contributed by atoms with van der Waals surface area (Å²) in [5.74, 6) is -2.54. The van der Waals surface area contributed by atoms with Gasteiger partial charge in [0, 0.05) is 17.7 Å². The highest BCUT2D eigenvalue weighted by molar-refractivity contribution is 6.47. The fourth-order valence-electron chi connectivity index (χ4n) is 3.25. The molecule has 0 saturated carbocycles. The van der Waals surface area contributed by atoms with Gasteiger partial charge in [0.1, 0.15) is 13.2 Å². The first-order valence-electron chi connectivity index (χ1n) is 10.5. The molecule has 3 aromatic rings. The fraction of sp³-hybridized carbons (Fsp3) is 0.120. The molecule has 3 N–H and O–H groups in total. The van der Waals surface area contributed by atoms with Crippen LogP contribution in [0.25, 0.3) is 0 Å². The minimum absolute atomic E-state index is 0.0483. The molecule has 12 heteroatoms. The van der Waals surface area contributed by atoms with Crippen LogP contribution in [0.5, 0.6) is 0 Å². The maximum atomic E-state index is 12.9. The summed E-state index contributed by atoms with van der Waals surface area (Å²) < 4.78 is 0. The summed E-state index contributed by atoms with van der Waals surface area (Å²) in [5.41, 5.74) is 1.27. The quantitative estimate of drug-likeness (QED) is 0.220. The lowest BCUT2D eigenvalue weighted by Gasteiger charge is -2.16. The number of carbonyl (C=O) groups excluding carboxylic acids is 2. The maximum absolute atomic E-state index is 12.9. The van der Waals surface area contributed by atoms with Crippen molar-refractivity contribution in [3.05, 3.63) is 97.4 Å². The first-order chi connectivity index (χ1) is 17.6. The maximum Gasteiger partial charge on any atom is 0.326 e. The molecular weight excluding hydrogens is 564 g/mol. The number of benzene rings is 3. The van der Waals surface area contributed by atoms with Gasteiger partial charge in [-0.2, -0.15) is 0 Å². The van der Waals surface area contributed by atoms with Gasteiger partial charge >= 0.3 is 5.97 Å². The van der Waals surface area contributed by atoms with Gasteiger partial charge in [0.05, 0.1) is 25.7 Å². The highest BCUT2D eigenvalue weighted by Gasteiger charge is 2.25. The van der Waals surface area contributed by atoms with Gasteiger partial charge in [-0.15, -0.1) is 0 Å². The van der Waals surface area contributed by atoms with Crippen LogP contribution in [0.15, 0.2) is 65.8 Å². The third-order valence-corrected chi connectivity index (χ3v) is 6.40. The number of hydrogen-bond donors (Lipinski definition) is 3. The first-order valence-corrected chi connectivity index (χ1v) is 12.1. The summed E-state index contributed by atoms with van der Waals surface area (Å²) in [7, 11) is 1.25. The van der Waals surface area contributed by atoms with E-state index in [0.717, 1.165) is 0 Å². The van der Waals surface area contributed by atoms with E-state index >= 15 is 0 Å². The van der Waals surface area contributed by atoms with Gasteiger partial charge in [0.2, 0.25) is 0 Å². The molecule has 8 nitrogen and oxygen atoms in total. The van der Waals surface area contributed by atoms with Crippen molar-refractivity contribution in [3.8, 4) is 0 Å². The molecule has 0 aliphatic rings. The van der Waals surface area contributed by atoms with Crippen molar-refractivity contribution >= 4 is 75.6 Å². The Balaban J connectivity index is 1.72. The van der Waals surface area contributed by atoms with E-state index in [9.17, 15) is 19.5 Å². The summed E-state index contributed by atoms with van der Waals surface area (Å²) in [5, 5.41) is 19.4. The lowest BCUT2D eigenvalue weighted by Crippen LogP contribution is -2.45. The van der Waals surface area contributed by atoms with Crippen molar-refractivity contribution in [1.29, 1.82) is 0 Å². The zero-order valence-corrected chi connectivity index (χ0v) is 22.1. The SMILES string of the molecule is CON=C(C(=O)N[C@@H](Cc1ccc(NC(=O)c2c(Cl)cccc2Cl)cc1)C(=O)O)c1ccc(Cl)c(Cl)c1. The average Bonchev–Trinajstić information content (AvgIpc) is 2.84. The molecule has 0 radical (unpaired) electrons. The van der Waals surface area contributed by atoms with E-state index in [1.165, 1.54) is 25.3 Å². The minimum Gasteiger partial charge on any atom is -0.480 e. The van der Waals surface area contributed by atoms with Gasteiger partial charge in [-0.1, -0.05) is 75.8 Å². The summed E-state index contributed by atoms with van der Waals surface area (Å²) in [6.45, 7) is 0. The van der Waals surface area contributed by atoms with Crippen LogP contribution in [0, 0.1) is 0 Å². The Labute approximate surface area is 232 Å². The predicted molar refractivity (Wildman–Crippen MR) is 144 cm³/mol. The second kappa shape index (κ2) is 12.8. The highest BCUT2D eigenvalue weighted by Crippen LogP contribution is 2.26. The number of hydrogen-bond acceptors (Lipinski definition) is 5. The Morgan fingerprint density at radius 3 is 2.14 bits per heavy atom. The molecule has 0 aliphatic carbocycles. The van der Waals surface area contributed by atoms with Gasteiger partial charge < -0.3 is 20.6 Å². The summed E-state index contributed by atoms with van der Waals surface area (Å²) in [6.07, 6.45) is -0.0483. The van der Waals surface area contributed by atoms with Crippen molar-refractivity contribution in [2.24, 2.45) is 5.16 Å². The number of nitrogens with zero attached hydrogens (tertiary/aromatic N) is 1. The molecule has 0 unspecified atom stereocenters. The van der Waals surface area contributed by atoms with E-state index in [4.69, 9.17) is 51.2 Å². The zero-order chi connectivity index (χ0) is 27.1. The van der Waals surface area contributed by atoms with Crippen LogP contribution in [0.2, 0.25) is 20.1 Å². The Morgan fingerprint density at radius 2 is 1.57 bits per heavy atom. The number of aliphatic carboxylic acids is 1. The fourth-order valence-corrected chi connectivity index (χ4v) is 4.12. The molecule has 0 fully saturated rings. The van der Waals surface area contributed by atoms with Crippen LogP contribution in [0.4, 0.5) is 5.69 Å². The third kappa shape index (κ3) is 7.36. The second-order valence-corrected chi connectivity index (χ2v) is 9.20. The van der Waals surface area contributed by atoms with E-state index in [2.05, 4.69) is 15.8 Å². The summed E-state index contributed by atoms with van der Waals surface area (Å²) in [6, 6.07) is 14.3. The number of carboxylic acid groups (broad SMARTS) is 1. The normalized spacial score (nSPS) is 12.0. The number of carbonyl (C=O) groups is 3. The lowest BCUT2D eigenvalue weighted by molar-refractivity contribution is -0.141. The van der Waals surface area contributed by atoms with E-state index in [1.807, 2.05) is 0 Å². The molecule has 0 saturated heterocycles. The van der Waals surface area contributed by atoms with Gasteiger partial charge in [0.15, 0.2) is 5.71 Å². The molecular formula is C25H19Cl4N3O5. The minimum atomic E-state index is -1.29. The largest absolute Gasteiger partial charge is 0.480 e. The molecule has 0 aliphatic heterocycles. The number of amides is 2. The Hall–Kier alpha value is -3.30. The van der Waals surface area contributed by atoms with Crippen LogP contribution in [-0.4, -0.2) is 41.8 Å². The number of halogens is 4. The number of oxime groups is 1.